The van der Waals surface area contributed by atoms with E-state index in [1.807, 2.05) is 30.3 Å². The molecule has 1 aliphatic rings. The lowest BCUT2D eigenvalue weighted by atomic mass is 10.1. The third kappa shape index (κ3) is 2.56. The molecule has 0 spiro atoms. The van der Waals surface area contributed by atoms with Crippen LogP contribution in [0.4, 0.5) is 0 Å². The Balaban J connectivity index is 1.69. The maximum Gasteiger partial charge on any atom is 0.231 e. The van der Waals surface area contributed by atoms with Crippen molar-refractivity contribution in [1.29, 1.82) is 0 Å². The highest BCUT2D eigenvalue weighted by molar-refractivity contribution is 5.48. The van der Waals surface area contributed by atoms with E-state index in [0.29, 0.717) is 6.54 Å². The van der Waals surface area contributed by atoms with Gasteiger partial charge in [-0.3, -0.25) is 0 Å². The largest absolute Gasteiger partial charge is 0.508 e. The van der Waals surface area contributed by atoms with Gasteiger partial charge in [0.15, 0.2) is 11.5 Å². The fourth-order valence-electron chi connectivity index (χ4n) is 2.30. The second kappa shape index (κ2) is 5.43. The monoisotopic (exact) mass is 271 g/mol. The van der Waals surface area contributed by atoms with Crippen LogP contribution in [0, 0.1) is 0 Å². The summed E-state index contributed by atoms with van der Waals surface area (Å²) in [5.41, 5.74) is 2.13. The van der Waals surface area contributed by atoms with Crippen LogP contribution in [0.3, 0.4) is 0 Å². The molecule has 0 bridgehead atoms. The van der Waals surface area contributed by atoms with Crippen molar-refractivity contribution in [3.63, 3.8) is 0 Å². The van der Waals surface area contributed by atoms with E-state index >= 15 is 0 Å². The maximum atomic E-state index is 9.51. The Morgan fingerprint density at radius 1 is 1.20 bits per heavy atom. The van der Waals surface area contributed by atoms with E-state index in [-0.39, 0.29) is 18.6 Å². The summed E-state index contributed by atoms with van der Waals surface area (Å²) in [6, 6.07) is 13.3. The van der Waals surface area contributed by atoms with Crippen molar-refractivity contribution < 1.29 is 14.6 Å². The van der Waals surface area contributed by atoms with Crippen molar-refractivity contribution in [3.8, 4) is 17.2 Å². The first-order chi connectivity index (χ1) is 9.74. The lowest BCUT2D eigenvalue weighted by Crippen LogP contribution is -2.18. The Hall–Kier alpha value is -2.20. The molecule has 1 unspecified atom stereocenters. The van der Waals surface area contributed by atoms with Crippen LogP contribution < -0.4 is 14.8 Å². The normalized spacial score (nSPS) is 14.2. The molecule has 4 nitrogen and oxygen atoms in total. The van der Waals surface area contributed by atoms with E-state index in [1.54, 1.807) is 12.1 Å². The third-order valence-corrected chi connectivity index (χ3v) is 3.45. The number of aromatic hydroxyl groups is 1. The van der Waals surface area contributed by atoms with Crippen LogP contribution in [-0.4, -0.2) is 11.9 Å². The molecule has 104 valence electrons. The average molecular weight is 271 g/mol. The van der Waals surface area contributed by atoms with E-state index in [2.05, 4.69) is 12.2 Å². The molecule has 0 saturated carbocycles. The van der Waals surface area contributed by atoms with Crippen LogP contribution in [-0.2, 0) is 6.54 Å². The molecule has 0 amide bonds. The molecule has 2 aromatic carbocycles. The molecule has 1 aliphatic heterocycles. The quantitative estimate of drug-likeness (QED) is 0.897. The van der Waals surface area contributed by atoms with E-state index in [1.165, 1.54) is 0 Å². The molecule has 20 heavy (non-hydrogen) atoms. The zero-order valence-electron chi connectivity index (χ0n) is 11.3. The fraction of sp³-hybridized carbons (Fsp3) is 0.250. The average Bonchev–Trinajstić information content (AvgIpc) is 2.93. The van der Waals surface area contributed by atoms with Gasteiger partial charge < -0.3 is 19.9 Å². The first kappa shape index (κ1) is 12.8. The topological polar surface area (TPSA) is 50.7 Å². The number of benzene rings is 2. The minimum absolute atomic E-state index is 0.139. The van der Waals surface area contributed by atoms with Crippen LogP contribution in [0.2, 0.25) is 0 Å². The highest BCUT2D eigenvalue weighted by Gasteiger charge is 2.17. The van der Waals surface area contributed by atoms with Gasteiger partial charge in [-0.2, -0.15) is 0 Å². The Bertz CT molecular complexity index is 612. The lowest BCUT2D eigenvalue weighted by Gasteiger charge is -2.15. The van der Waals surface area contributed by atoms with Crippen molar-refractivity contribution in [2.45, 2.75) is 19.5 Å². The molecular formula is C16H17NO3. The molecule has 0 saturated heterocycles. The summed E-state index contributed by atoms with van der Waals surface area (Å²) in [7, 11) is 0. The molecule has 4 heteroatoms. The summed E-state index contributed by atoms with van der Waals surface area (Å²) >= 11 is 0. The van der Waals surface area contributed by atoms with Crippen molar-refractivity contribution in [2.75, 3.05) is 6.79 Å². The van der Waals surface area contributed by atoms with Gasteiger partial charge >= 0.3 is 0 Å². The molecule has 2 N–H and O–H groups in total. The number of phenolic OH excluding ortho intramolecular Hbond substituents is 1. The van der Waals surface area contributed by atoms with E-state index in [9.17, 15) is 5.11 Å². The summed E-state index contributed by atoms with van der Waals surface area (Å²) in [6.07, 6.45) is 0. The van der Waals surface area contributed by atoms with Crippen molar-refractivity contribution >= 4 is 0 Å². The van der Waals surface area contributed by atoms with Crippen molar-refractivity contribution in [1.82, 2.24) is 5.32 Å². The van der Waals surface area contributed by atoms with Gasteiger partial charge in [-0.05, 0) is 30.7 Å². The molecule has 1 atom stereocenters. The van der Waals surface area contributed by atoms with Gasteiger partial charge in [0.25, 0.3) is 0 Å². The Morgan fingerprint density at radius 3 is 2.90 bits per heavy atom. The second-order valence-corrected chi connectivity index (χ2v) is 4.85. The lowest BCUT2D eigenvalue weighted by molar-refractivity contribution is 0.173. The predicted molar refractivity (Wildman–Crippen MR) is 75.9 cm³/mol. The Labute approximate surface area is 118 Å². The van der Waals surface area contributed by atoms with Crippen LogP contribution in [0.5, 0.6) is 17.2 Å². The minimum atomic E-state index is 0.139. The number of phenols is 1. The van der Waals surface area contributed by atoms with E-state index < -0.39 is 0 Å². The summed E-state index contributed by atoms with van der Waals surface area (Å²) in [6.45, 7) is 3.03. The molecule has 0 fully saturated rings. The number of ether oxygens (including phenoxy) is 2. The first-order valence-electron chi connectivity index (χ1n) is 6.64. The zero-order chi connectivity index (χ0) is 13.9. The Kier molecular flexibility index (Phi) is 3.48. The van der Waals surface area contributed by atoms with Gasteiger partial charge in [0.1, 0.15) is 5.75 Å². The molecule has 0 aliphatic carbocycles. The van der Waals surface area contributed by atoms with Crippen LogP contribution >= 0.6 is 0 Å². The highest BCUT2D eigenvalue weighted by atomic mass is 16.7. The first-order valence-corrected chi connectivity index (χ1v) is 6.64. The van der Waals surface area contributed by atoms with Crippen LogP contribution in [0.25, 0.3) is 0 Å². The number of fused-ring (bicyclic) bond motifs is 1. The molecule has 3 rings (SSSR count). The molecule has 0 radical (unpaired) electrons. The van der Waals surface area contributed by atoms with Gasteiger partial charge in [0, 0.05) is 18.2 Å². The molecular weight excluding hydrogens is 254 g/mol. The van der Waals surface area contributed by atoms with Crippen LogP contribution in [0.1, 0.15) is 24.1 Å². The fourth-order valence-corrected chi connectivity index (χ4v) is 2.30. The standard InChI is InChI=1S/C16H17NO3/c1-11(12-4-2-6-14(18)8-12)17-9-13-5-3-7-15-16(13)20-10-19-15/h2-8,11,17-18H,9-10H2,1H3. The zero-order valence-corrected chi connectivity index (χ0v) is 11.3. The van der Waals surface area contributed by atoms with Gasteiger partial charge in [0.2, 0.25) is 6.79 Å². The maximum absolute atomic E-state index is 9.51. The van der Waals surface area contributed by atoms with E-state index in [4.69, 9.17) is 9.47 Å². The van der Waals surface area contributed by atoms with Crippen molar-refractivity contribution in [2.24, 2.45) is 0 Å². The SMILES string of the molecule is CC(NCc1cccc2c1OCO2)c1cccc(O)c1. The minimum Gasteiger partial charge on any atom is -0.508 e. The number of hydrogen-bond acceptors (Lipinski definition) is 4. The molecule has 0 aromatic heterocycles. The summed E-state index contributed by atoms with van der Waals surface area (Å²) in [5.74, 6) is 1.91. The second-order valence-electron chi connectivity index (χ2n) is 4.85. The van der Waals surface area contributed by atoms with Crippen LogP contribution in [0.15, 0.2) is 42.5 Å². The molecule has 2 aromatic rings. The van der Waals surface area contributed by atoms with Gasteiger partial charge in [0.05, 0.1) is 0 Å². The van der Waals surface area contributed by atoms with Gasteiger partial charge in [-0.15, -0.1) is 0 Å². The number of para-hydroxylation sites is 1. The molecule has 1 heterocycles. The predicted octanol–water partition coefficient (Wildman–Crippen LogP) is 2.97. The number of hydrogen-bond donors (Lipinski definition) is 2. The third-order valence-electron chi connectivity index (χ3n) is 3.45. The summed E-state index contributed by atoms with van der Waals surface area (Å²) in [5, 5.41) is 12.9. The summed E-state index contributed by atoms with van der Waals surface area (Å²) < 4.78 is 10.8. The van der Waals surface area contributed by atoms with Gasteiger partial charge in [-0.25, -0.2) is 0 Å². The van der Waals surface area contributed by atoms with E-state index in [0.717, 1.165) is 22.6 Å². The summed E-state index contributed by atoms with van der Waals surface area (Å²) in [4.78, 5) is 0. The number of nitrogens with one attached hydrogen (secondary N) is 1. The highest BCUT2D eigenvalue weighted by Crippen LogP contribution is 2.35. The van der Waals surface area contributed by atoms with Gasteiger partial charge in [-0.1, -0.05) is 24.3 Å². The smallest absolute Gasteiger partial charge is 0.231 e. The number of rotatable bonds is 4. The van der Waals surface area contributed by atoms with Crippen molar-refractivity contribution in [3.05, 3.63) is 53.6 Å². The Morgan fingerprint density at radius 2 is 2.05 bits per heavy atom.